The van der Waals surface area contributed by atoms with Crippen molar-refractivity contribution >= 4 is 66.4 Å². The maximum Gasteiger partial charge on any atom is 0.415 e. The van der Waals surface area contributed by atoms with Gasteiger partial charge in [-0.25, -0.2) is 19.4 Å². The summed E-state index contributed by atoms with van der Waals surface area (Å²) in [5, 5.41) is 22.5. The van der Waals surface area contributed by atoms with Crippen molar-refractivity contribution < 1.29 is 13.2 Å². The Morgan fingerprint density at radius 1 is 0.483 bits per heavy atom. The molecule has 0 aliphatic rings. The van der Waals surface area contributed by atoms with E-state index in [1.54, 1.807) is 78.9 Å². The maximum atomic E-state index is 13.9. The van der Waals surface area contributed by atoms with Crippen LogP contribution in [0, 0.1) is 49.0 Å². The van der Waals surface area contributed by atoms with Crippen LogP contribution in [0.4, 0.5) is 35.9 Å². The van der Waals surface area contributed by atoms with Crippen LogP contribution < -0.4 is 0 Å². The van der Waals surface area contributed by atoms with E-state index in [2.05, 4.69) is 31.5 Å². The fraction of sp³-hybridized carbons (Fsp3) is 0.0204. The second-order valence-corrected chi connectivity index (χ2v) is 13.8. The van der Waals surface area contributed by atoms with Gasteiger partial charge in [-0.05, 0) is 112 Å². The van der Waals surface area contributed by atoms with Crippen LogP contribution in [0.25, 0.3) is 96.6 Å². The van der Waals surface area contributed by atoms with Crippen molar-refractivity contribution in [3.05, 3.63) is 190 Å². The lowest BCUT2D eigenvalue weighted by Crippen LogP contribution is -2.04. The topological polar surface area (TPSA) is 74.9 Å². The summed E-state index contributed by atoms with van der Waals surface area (Å²) in [6.07, 6.45) is -4.67. The third-order valence-electron chi connectivity index (χ3n) is 10.7. The Kier molecular flexibility index (Phi) is 8.40. The molecule has 0 N–H and O–H groups in total. The van der Waals surface area contributed by atoms with Gasteiger partial charge in [-0.2, -0.15) is 23.7 Å². The molecule has 0 saturated carbocycles. The zero-order valence-electron chi connectivity index (χ0n) is 30.8. The zero-order valence-corrected chi connectivity index (χ0v) is 30.8. The summed E-state index contributed by atoms with van der Waals surface area (Å²) in [5.74, 6) is 0. The van der Waals surface area contributed by atoms with Gasteiger partial charge in [0.05, 0.1) is 77.3 Å². The molecular formula is C49H21F3N8. The normalized spacial score (nSPS) is 11.2. The van der Waals surface area contributed by atoms with Crippen LogP contribution in [0.1, 0.15) is 16.7 Å². The Balaban J connectivity index is 1.44. The minimum atomic E-state index is -4.67. The lowest BCUT2D eigenvalue weighted by atomic mass is 9.93. The van der Waals surface area contributed by atoms with Gasteiger partial charge < -0.3 is 9.13 Å². The molecule has 11 heteroatoms. The number of alkyl halides is 3. The quantitative estimate of drug-likeness (QED) is 0.167. The SMILES string of the molecule is [C-]#[N+]c1ccc2c(c1)c1cc(C#N)ccc1n2-c1ccc(-c2ccc(C(F)(F)F)cc2[N+]#[C-])cc1-c1c([N+]#[C-])cccc1-n1c2ccc(C#N)cc2c2cc([N+]#[C-])ccc21. The number of hydrogen-bond donors (Lipinski definition) is 0. The third-order valence-corrected chi connectivity index (χ3v) is 10.7. The summed E-state index contributed by atoms with van der Waals surface area (Å²) < 4.78 is 45.5. The minimum absolute atomic E-state index is 0.207. The Labute approximate surface area is 339 Å². The van der Waals surface area contributed by atoms with Crippen molar-refractivity contribution in [3.63, 3.8) is 0 Å². The highest BCUT2D eigenvalue weighted by Crippen LogP contribution is 2.47. The molecule has 0 radical (unpaired) electrons. The fourth-order valence-electron chi connectivity index (χ4n) is 8.05. The van der Waals surface area contributed by atoms with Crippen LogP contribution >= 0.6 is 0 Å². The van der Waals surface area contributed by atoms with Gasteiger partial charge in [0.15, 0.2) is 22.7 Å². The molecule has 0 atom stereocenters. The number of nitriles is 2. The van der Waals surface area contributed by atoms with Crippen LogP contribution in [0.3, 0.4) is 0 Å². The van der Waals surface area contributed by atoms with Crippen LogP contribution in [-0.4, -0.2) is 9.13 Å². The summed E-state index contributed by atoms with van der Waals surface area (Å²) in [7, 11) is 0. The van der Waals surface area contributed by atoms with E-state index in [0.717, 1.165) is 12.1 Å². The van der Waals surface area contributed by atoms with Gasteiger partial charge in [-0.1, -0.05) is 42.5 Å². The first-order valence-corrected chi connectivity index (χ1v) is 18.1. The molecule has 0 saturated heterocycles. The summed E-state index contributed by atoms with van der Waals surface area (Å²) in [4.78, 5) is 14.8. The minimum Gasteiger partial charge on any atom is -0.310 e. The number of fused-ring (bicyclic) bond motifs is 6. The molecule has 278 valence electrons. The number of rotatable bonds is 4. The average molecular weight is 779 g/mol. The van der Waals surface area contributed by atoms with E-state index in [1.807, 2.05) is 39.5 Å². The molecule has 0 unspecified atom stereocenters. The second-order valence-electron chi connectivity index (χ2n) is 13.8. The van der Waals surface area contributed by atoms with Gasteiger partial charge in [0.1, 0.15) is 0 Å². The highest BCUT2D eigenvalue weighted by Gasteiger charge is 2.31. The van der Waals surface area contributed by atoms with Gasteiger partial charge >= 0.3 is 6.18 Å². The van der Waals surface area contributed by atoms with E-state index in [4.69, 9.17) is 26.3 Å². The maximum absolute atomic E-state index is 13.9. The molecule has 0 amide bonds. The lowest BCUT2D eigenvalue weighted by Gasteiger charge is -2.21. The number of aromatic nitrogens is 2. The molecule has 0 aliphatic carbocycles. The zero-order chi connectivity index (χ0) is 41.9. The standard InChI is InChI=1S/C49H21F3N8/c1-55-32-12-18-44-37(24-32)35-20-28(26-53)8-15-42(35)59(44)46-17-10-30(34-14-11-31(49(50,51)52)23-41(34)58-4)22-39(46)48-40(57-3)6-5-7-47(48)60-43-16-9-29(27-54)21-36(43)38-25-33(56-2)13-19-45(38)60/h5-25H. The molecule has 7 aromatic carbocycles. The highest BCUT2D eigenvalue weighted by atomic mass is 19.4. The molecule has 0 bridgehead atoms. The van der Waals surface area contributed by atoms with E-state index in [-0.39, 0.29) is 16.9 Å². The van der Waals surface area contributed by atoms with Crippen molar-refractivity contribution in [1.82, 2.24) is 9.13 Å². The predicted molar refractivity (Wildman–Crippen MR) is 225 cm³/mol. The van der Waals surface area contributed by atoms with Gasteiger partial charge in [0, 0.05) is 27.6 Å². The molecular weight excluding hydrogens is 758 g/mol. The summed E-state index contributed by atoms with van der Waals surface area (Å²) >= 11 is 0. The van der Waals surface area contributed by atoms with E-state index >= 15 is 0 Å². The third kappa shape index (κ3) is 5.64. The summed E-state index contributed by atoms with van der Waals surface area (Å²) in [6, 6.07) is 39.1. The van der Waals surface area contributed by atoms with Crippen LogP contribution in [-0.2, 0) is 6.18 Å². The van der Waals surface area contributed by atoms with Gasteiger partial charge in [0.2, 0.25) is 0 Å². The predicted octanol–water partition coefficient (Wildman–Crippen LogP) is 14.2. The van der Waals surface area contributed by atoms with Crippen molar-refractivity contribution in [2.24, 2.45) is 0 Å². The molecule has 0 spiro atoms. The van der Waals surface area contributed by atoms with Crippen molar-refractivity contribution in [3.8, 4) is 45.8 Å². The Morgan fingerprint density at radius 3 is 1.53 bits per heavy atom. The second kappa shape index (κ2) is 13.8. The highest BCUT2D eigenvalue weighted by molar-refractivity contribution is 6.13. The molecule has 0 fully saturated rings. The number of halogens is 3. The van der Waals surface area contributed by atoms with Gasteiger partial charge in [-0.3, -0.25) is 0 Å². The fourth-order valence-corrected chi connectivity index (χ4v) is 8.05. The van der Waals surface area contributed by atoms with Gasteiger partial charge in [-0.15, -0.1) is 0 Å². The van der Waals surface area contributed by atoms with E-state index in [0.29, 0.717) is 94.2 Å². The lowest BCUT2D eigenvalue weighted by molar-refractivity contribution is -0.137. The van der Waals surface area contributed by atoms with Gasteiger partial charge in [0.25, 0.3) is 0 Å². The smallest absolute Gasteiger partial charge is 0.310 e. The first-order chi connectivity index (χ1) is 29.1. The van der Waals surface area contributed by atoms with Crippen LogP contribution in [0.5, 0.6) is 0 Å². The molecule has 2 aromatic heterocycles. The monoisotopic (exact) mass is 778 g/mol. The summed E-state index contributed by atoms with van der Waals surface area (Å²) in [5.41, 5.74) is 6.20. The van der Waals surface area contributed by atoms with Crippen LogP contribution in [0.15, 0.2) is 127 Å². The molecule has 9 rings (SSSR count). The van der Waals surface area contributed by atoms with Crippen molar-refractivity contribution in [2.75, 3.05) is 0 Å². The largest absolute Gasteiger partial charge is 0.415 e. The molecule has 60 heavy (non-hydrogen) atoms. The first kappa shape index (κ1) is 36.5. The van der Waals surface area contributed by atoms with E-state index in [9.17, 15) is 23.7 Å². The van der Waals surface area contributed by atoms with Crippen LogP contribution in [0.2, 0.25) is 0 Å². The first-order valence-electron chi connectivity index (χ1n) is 18.1. The average Bonchev–Trinajstić information content (AvgIpc) is 3.78. The Bertz CT molecular complexity index is 3480. The van der Waals surface area contributed by atoms with E-state index < -0.39 is 11.7 Å². The molecule has 2 heterocycles. The Morgan fingerprint density at radius 2 is 1.02 bits per heavy atom. The Hall–Kier alpha value is -9.13. The number of hydrogen-bond acceptors (Lipinski definition) is 2. The van der Waals surface area contributed by atoms with Crippen molar-refractivity contribution in [2.45, 2.75) is 6.18 Å². The molecule has 0 aliphatic heterocycles. The molecule has 8 nitrogen and oxygen atoms in total. The van der Waals surface area contributed by atoms with E-state index in [1.165, 1.54) is 6.07 Å². The molecule has 9 aromatic rings. The van der Waals surface area contributed by atoms with Crippen molar-refractivity contribution in [1.29, 1.82) is 10.5 Å². The summed E-state index contributed by atoms with van der Waals surface area (Å²) in [6.45, 7) is 31.8. The number of nitrogens with zero attached hydrogens (tertiary/aromatic N) is 8. The number of benzene rings is 7.